The van der Waals surface area contributed by atoms with Gasteiger partial charge in [-0.15, -0.1) is 0 Å². The highest BCUT2D eigenvalue weighted by molar-refractivity contribution is 6.08. The van der Waals surface area contributed by atoms with E-state index >= 15 is 0 Å². The number of anilines is 2. The number of rotatable bonds is 11. The Labute approximate surface area is 332 Å². The summed E-state index contributed by atoms with van der Waals surface area (Å²) in [6, 6.07) is 11.4. The normalized spacial score (nSPS) is 18.6. The Hall–Kier alpha value is -5.84. The number of piperidine rings is 3. The molecule has 7 rings (SSSR count). The number of halogens is 3. The van der Waals surface area contributed by atoms with Crippen LogP contribution in [0.3, 0.4) is 0 Å². The molecule has 0 saturated carbocycles. The molecule has 4 aromatic rings. The lowest BCUT2D eigenvalue weighted by molar-refractivity contribution is -0.141. The predicted molar refractivity (Wildman–Crippen MR) is 207 cm³/mol. The molecular formula is C41H45F3N8O6. The molecule has 58 heavy (non-hydrogen) atoms. The van der Waals surface area contributed by atoms with E-state index in [0.29, 0.717) is 40.4 Å². The first kappa shape index (κ1) is 40.4. The van der Waals surface area contributed by atoms with Gasteiger partial charge in [0.25, 0.3) is 11.8 Å². The number of nitrogens with zero attached hydrogens (tertiary/aromatic N) is 6. The van der Waals surface area contributed by atoms with Crippen molar-refractivity contribution in [3.05, 3.63) is 77.2 Å². The number of imide groups is 2. The molecular weight excluding hydrogens is 757 g/mol. The minimum atomic E-state index is -4.68. The third-order valence-electron chi connectivity index (χ3n) is 11.5. The molecule has 2 aromatic carbocycles. The Kier molecular flexibility index (Phi) is 11.8. The summed E-state index contributed by atoms with van der Waals surface area (Å²) in [5.74, 6) is -1.53. The van der Waals surface area contributed by atoms with E-state index in [-0.39, 0.29) is 24.6 Å². The monoisotopic (exact) mass is 802 g/mol. The highest BCUT2D eigenvalue weighted by atomic mass is 19.4. The van der Waals surface area contributed by atoms with Gasteiger partial charge < -0.3 is 19.9 Å². The lowest BCUT2D eigenvalue weighted by atomic mass is 9.92. The predicted octanol–water partition coefficient (Wildman–Crippen LogP) is 5.37. The van der Waals surface area contributed by atoms with Gasteiger partial charge in [-0.3, -0.25) is 38.9 Å². The van der Waals surface area contributed by atoms with Gasteiger partial charge in [0, 0.05) is 61.5 Å². The fraction of sp³-hybridized carbons (Fsp3) is 0.439. The van der Waals surface area contributed by atoms with Crippen LogP contribution in [0.2, 0.25) is 0 Å². The van der Waals surface area contributed by atoms with Gasteiger partial charge in [-0.1, -0.05) is 12.1 Å². The number of fused-ring (bicyclic) bond motifs is 1. The molecule has 0 bridgehead atoms. The van der Waals surface area contributed by atoms with Crippen molar-refractivity contribution in [2.24, 2.45) is 5.92 Å². The van der Waals surface area contributed by atoms with Gasteiger partial charge in [-0.2, -0.15) is 18.3 Å². The van der Waals surface area contributed by atoms with Crippen molar-refractivity contribution in [1.29, 1.82) is 0 Å². The molecule has 0 spiro atoms. The van der Waals surface area contributed by atoms with Crippen LogP contribution in [0.15, 0.2) is 54.7 Å². The largest absolute Gasteiger partial charge is 0.494 e. The average Bonchev–Trinajstić information content (AvgIpc) is 3.64. The molecule has 1 unspecified atom stereocenters. The molecule has 3 fully saturated rings. The summed E-state index contributed by atoms with van der Waals surface area (Å²) in [6.45, 7) is 6.29. The first-order valence-corrected chi connectivity index (χ1v) is 19.4. The summed E-state index contributed by atoms with van der Waals surface area (Å²) >= 11 is 0. The van der Waals surface area contributed by atoms with Crippen LogP contribution in [0.25, 0.3) is 10.9 Å². The first-order valence-electron chi connectivity index (χ1n) is 19.4. The summed E-state index contributed by atoms with van der Waals surface area (Å²) in [5, 5.41) is 10.4. The zero-order valence-corrected chi connectivity index (χ0v) is 32.3. The van der Waals surface area contributed by atoms with Crippen LogP contribution in [0.5, 0.6) is 5.75 Å². The standard InChI is InChI=1S/C41H45F3N8O6/c1-25-6-7-29(21-30(25)40(57)51(24-53)34-8-9-37(54)47-39(34)56)50-18-11-26(12-19-50)10-15-49-16-13-28(14-17-49)52-23-27-20-33(35(58-2)22-32(27)48-52)46-38(55)31-4-3-5-36(45-31)41(42,43)44/h3-7,20-24,26,28,34H,8-19H2,1-2H3,(H,46,55)(H,47,54,56). The van der Waals surface area contributed by atoms with Crippen LogP contribution < -0.4 is 20.3 Å². The Morgan fingerprint density at radius 2 is 1.78 bits per heavy atom. The number of carbonyl (C=O) groups excluding carboxylic acids is 5. The van der Waals surface area contributed by atoms with E-state index in [4.69, 9.17) is 9.84 Å². The molecule has 3 aliphatic rings. The van der Waals surface area contributed by atoms with Gasteiger partial charge in [-0.25, -0.2) is 4.98 Å². The number of hydrogen-bond acceptors (Lipinski definition) is 10. The van der Waals surface area contributed by atoms with Crippen molar-refractivity contribution >= 4 is 52.3 Å². The highest BCUT2D eigenvalue weighted by Crippen LogP contribution is 2.34. The molecule has 3 aliphatic heterocycles. The molecule has 5 heterocycles. The Balaban J connectivity index is 0.895. The number of pyridine rings is 1. The number of carbonyl (C=O) groups is 5. The molecule has 3 saturated heterocycles. The van der Waals surface area contributed by atoms with Crippen molar-refractivity contribution in [3.8, 4) is 5.75 Å². The van der Waals surface area contributed by atoms with Gasteiger partial charge >= 0.3 is 6.18 Å². The van der Waals surface area contributed by atoms with Crippen LogP contribution in [-0.4, -0.2) is 100 Å². The van der Waals surface area contributed by atoms with Gasteiger partial charge in [0.2, 0.25) is 18.2 Å². The second-order valence-electron chi connectivity index (χ2n) is 15.2. The minimum Gasteiger partial charge on any atom is -0.494 e. The van der Waals surface area contributed by atoms with Crippen LogP contribution in [0.4, 0.5) is 24.5 Å². The fourth-order valence-electron chi connectivity index (χ4n) is 8.07. The first-order chi connectivity index (χ1) is 27.8. The highest BCUT2D eigenvalue weighted by Gasteiger charge is 2.36. The van der Waals surface area contributed by atoms with E-state index in [9.17, 15) is 37.1 Å². The molecule has 1 atom stereocenters. The Bertz CT molecular complexity index is 2210. The molecule has 5 amide bonds. The lowest BCUT2D eigenvalue weighted by Gasteiger charge is -2.36. The second-order valence-corrected chi connectivity index (χ2v) is 15.2. The minimum absolute atomic E-state index is 0.0613. The van der Waals surface area contributed by atoms with Crippen LogP contribution in [-0.2, 0) is 20.6 Å². The van der Waals surface area contributed by atoms with E-state index < -0.39 is 41.5 Å². The molecule has 2 aromatic heterocycles. The smallest absolute Gasteiger partial charge is 0.433 e. The number of hydrogen-bond donors (Lipinski definition) is 2. The molecule has 0 radical (unpaired) electrons. The van der Waals surface area contributed by atoms with E-state index in [1.165, 1.54) is 13.2 Å². The quantitative estimate of drug-likeness (QED) is 0.149. The zero-order chi connectivity index (χ0) is 41.1. The van der Waals surface area contributed by atoms with Crippen LogP contribution in [0.1, 0.15) is 83.1 Å². The van der Waals surface area contributed by atoms with E-state index in [1.807, 2.05) is 23.0 Å². The molecule has 14 nitrogen and oxygen atoms in total. The Morgan fingerprint density at radius 3 is 2.47 bits per heavy atom. The number of benzene rings is 2. The maximum Gasteiger partial charge on any atom is 0.433 e. The SMILES string of the molecule is COc1cc2nn(C3CCN(CCC4CCN(c5ccc(C)c(C(=O)N(C=O)C6CCC(=O)NC6=O)c5)CC4)CC3)cc2cc1NC(=O)c1cccc(C(F)(F)F)n1. The zero-order valence-electron chi connectivity index (χ0n) is 32.3. The number of likely N-dealkylation sites (tertiary alicyclic amines) is 1. The van der Waals surface area contributed by atoms with Gasteiger partial charge in [0.1, 0.15) is 23.2 Å². The number of ether oxygens (including phenoxy) is 1. The summed E-state index contributed by atoms with van der Waals surface area (Å²) in [4.78, 5) is 71.5. The Morgan fingerprint density at radius 1 is 1.02 bits per heavy atom. The second kappa shape index (κ2) is 16.9. The number of aryl methyl sites for hydroxylation is 1. The van der Waals surface area contributed by atoms with Crippen LogP contribution in [0, 0.1) is 12.8 Å². The van der Waals surface area contributed by atoms with Gasteiger partial charge in [0.15, 0.2) is 0 Å². The van der Waals surface area contributed by atoms with Crippen molar-refractivity contribution in [1.82, 2.24) is 29.9 Å². The van der Waals surface area contributed by atoms with E-state index in [1.54, 1.807) is 25.1 Å². The lowest BCUT2D eigenvalue weighted by Crippen LogP contribution is -2.54. The molecule has 2 N–H and O–H groups in total. The molecule has 0 aliphatic carbocycles. The summed E-state index contributed by atoms with van der Waals surface area (Å²) in [6.07, 6.45) is 2.69. The maximum absolute atomic E-state index is 13.5. The number of aromatic nitrogens is 3. The van der Waals surface area contributed by atoms with Gasteiger partial charge in [-0.05, 0) is 93.8 Å². The number of amides is 5. The molecule has 306 valence electrons. The van der Waals surface area contributed by atoms with Crippen molar-refractivity contribution in [2.75, 3.05) is 50.1 Å². The third-order valence-corrected chi connectivity index (χ3v) is 11.5. The summed E-state index contributed by atoms with van der Waals surface area (Å²) in [7, 11) is 1.44. The third kappa shape index (κ3) is 8.83. The number of alkyl halides is 3. The number of nitrogens with one attached hydrogen (secondary N) is 2. The van der Waals surface area contributed by atoms with Gasteiger partial charge in [0.05, 0.1) is 24.4 Å². The molecule has 17 heteroatoms. The summed E-state index contributed by atoms with van der Waals surface area (Å²) < 4.78 is 46.9. The summed E-state index contributed by atoms with van der Waals surface area (Å²) in [5.41, 5.74) is 1.39. The van der Waals surface area contributed by atoms with Crippen LogP contribution >= 0.6 is 0 Å². The average molecular weight is 803 g/mol. The topological polar surface area (TPSA) is 159 Å². The number of methoxy groups -OCH3 is 1. The van der Waals surface area contributed by atoms with E-state index in [0.717, 1.165) is 92.9 Å². The van der Waals surface area contributed by atoms with Crippen molar-refractivity contribution in [3.63, 3.8) is 0 Å². The van der Waals surface area contributed by atoms with Crippen molar-refractivity contribution in [2.45, 2.75) is 70.1 Å². The fourth-order valence-corrected chi connectivity index (χ4v) is 8.07. The maximum atomic E-state index is 13.5. The van der Waals surface area contributed by atoms with E-state index in [2.05, 4.69) is 25.4 Å². The van der Waals surface area contributed by atoms with Crippen molar-refractivity contribution < 1.29 is 41.9 Å².